The van der Waals surface area contributed by atoms with E-state index in [9.17, 15) is 9.90 Å². The summed E-state index contributed by atoms with van der Waals surface area (Å²) in [7, 11) is 0. The van der Waals surface area contributed by atoms with Crippen LogP contribution in [0.3, 0.4) is 0 Å². The third kappa shape index (κ3) is 5.52. The quantitative estimate of drug-likeness (QED) is 0.395. The zero-order chi connectivity index (χ0) is 22.5. The van der Waals surface area contributed by atoms with Crippen LogP contribution >= 0.6 is 22.9 Å². The third-order valence-corrected chi connectivity index (χ3v) is 7.36. The van der Waals surface area contributed by atoms with E-state index < -0.39 is 12.0 Å². The molecule has 0 saturated carbocycles. The fraction of sp³-hybridized carbons (Fsp3) is 0.346. The van der Waals surface area contributed by atoms with Gasteiger partial charge in [0, 0.05) is 10.9 Å². The van der Waals surface area contributed by atoms with Crippen LogP contribution in [0.2, 0.25) is 4.34 Å². The number of benzene rings is 2. The highest BCUT2D eigenvalue weighted by molar-refractivity contribution is 7.19. The van der Waals surface area contributed by atoms with Crippen LogP contribution in [0.5, 0.6) is 5.75 Å². The maximum Gasteiger partial charge on any atom is 0.320 e. The Morgan fingerprint density at radius 3 is 2.41 bits per heavy atom. The van der Waals surface area contributed by atoms with Crippen LogP contribution in [0.25, 0.3) is 10.4 Å². The van der Waals surface area contributed by atoms with Crippen molar-refractivity contribution in [2.24, 2.45) is 0 Å². The van der Waals surface area contributed by atoms with E-state index in [4.69, 9.17) is 16.3 Å². The van der Waals surface area contributed by atoms with Gasteiger partial charge in [-0.2, -0.15) is 0 Å². The number of hydrogen-bond donors (Lipinski definition) is 1. The summed E-state index contributed by atoms with van der Waals surface area (Å²) in [4.78, 5) is 14.8. The molecule has 0 aliphatic carbocycles. The van der Waals surface area contributed by atoms with Crippen LogP contribution < -0.4 is 4.74 Å². The van der Waals surface area contributed by atoms with Gasteiger partial charge >= 0.3 is 5.97 Å². The molecule has 2 heterocycles. The van der Waals surface area contributed by atoms with Gasteiger partial charge in [-0.3, -0.25) is 9.69 Å². The maximum atomic E-state index is 11.5. The lowest BCUT2D eigenvalue weighted by Gasteiger charge is -2.29. The molecule has 1 unspecified atom stereocenters. The molecule has 0 bridgehead atoms. The second-order valence-corrected chi connectivity index (χ2v) is 9.94. The second kappa shape index (κ2) is 10.5. The van der Waals surface area contributed by atoms with E-state index in [2.05, 4.69) is 47.4 Å². The van der Waals surface area contributed by atoms with E-state index in [1.165, 1.54) is 21.6 Å². The summed E-state index contributed by atoms with van der Waals surface area (Å²) < 4.78 is 6.83. The molecule has 168 valence electrons. The van der Waals surface area contributed by atoms with Crippen LogP contribution in [0, 0.1) is 0 Å². The molecular formula is C26H28ClNO3S. The second-order valence-electron chi connectivity index (χ2n) is 8.23. The molecular weight excluding hydrogens is 442 g/mol. The predicted molar refractivity (Wildman–Crippen MR) is 131 cm³/mol. The van der Waals surface area contributed by atoms with Gasteiger partial charge in [0.1, 0.15) is 18.4 Å². The van der Waals surface area contributed by atoms with Crippen molar-refractivity contribution >= 4 is 28.9 Å². The number of nitrogens with zero attached hydrogens (tertiary/aromatic N) is 1. The molecule has 0 amide bonds. The van der Waals surface area contributed by atoms with Gasteiger partial charge in [-0.15, -0.1) is 11.3 Å². The Hall–Kier alpha value is -2.34. The van der Waals surface area contributed by atoms with Gasteiger partial charge in [-0.1, -0.05) is 54.9 Å². The minimum atomic E-state index is -0.740. The Labute approximate surface area is 198 Å². The van der Waals surface area contributed by atoms with Crippen molar-refractivity contribution in [3.05, 3.63) is 76.1 Å². The normalized spacial score (nSPS) is 17.4. The van der Waals surface area contributed by atoms with Crippen LogP contribution in [0.1, 0.15) is 37.3 Å². The van der Waals surface area contributed by atoms with E-state index >= 15 is 0 Å². The number of carboxylic acids is 1. The van der Waals surface area contributed by atoms with E-state index in [1.807, 2.05) is 25.1 Å². The molecule has 1 saturated heterocycles. The number of halogens is 1. The summed E-state index contributed by atoms with van der Waals surface area (Å²) in [6.45, 7) is 3.28. The largest absolute Gasteiger partial charge is 0.492 e. The molecule has 4 nitrogen and oxygen atoms in total. The summed E-state index contributed by atoms with van der Waals surface area (Å²) in [5.74, 6) is 0.0878. The zero-order valence-corrected chi connectivity index (χ0v) is 19.7. The van der Waals surface area contributed by atoms with Crippen molar-refractivity contribution in [2.75, 3.05) is 13.2 Å². The molecule has 6 heteroatoms. The molecule has 1 aliphatic heterocycles. The molecule has 3 aromatic rings. The number of carboxylic acid groups (broad SMARTS) is 1. The number of likely N-dealkylation sites (tertiary alicyclic amines) is 1. The minimum absolute atomic E-state index is 0.160. The standard InChI is InChI=1S/C26H28ClNO3S/c1-2-23(26(29)30)28-15-3-4-21(28)17-31-22-11-7-19(8-12-22)16-18-5-9-20(10-6-18)24-13-14-25(27)32-24/h5-14,21,23H,2-4,15-17H2,1H3,(H,29,30)/t21-,23?/m1/s1. The summed E-state index contributed by atoms with van der Waals surface area (Å²) >= 11 is 7.63. The molecule has 4 rings (SSSR count). The van der Waals surface area contributed by atoms with Crippen LogP contribution in [-0.2, 0) is 11.2 Å². The monoisotopic (exact) mass is 469 g/mol. The first-order chi connectivity index (χ1) is 15.5. The average molecular weight is 470 g/mol. The molecule has 1 fully saturated rings. The summed E-state index contributed by atoms with van der Waals surface area (Å²) in [5.41, 5.74) is 3.66. The van der Waals surface area contributed by atoms with Gasteiger partial charge in [0.25, 0.3) is 0 Å². The van der Waals surface area contributed by atoms with Gasteiger partial charge < -0.3 is 9.84 Å². The summed E-state index contributed by atoms with van der Waals surface area (Å²) in [6, 6.07) is 20.5. The van der Waals surface area contributed by atoms with Gasteiger partial charge in [0.05, 0.1) is 4.34 Å². The number of thiophene rings is 1. The molecule has 32 heavy (non-hydrogen) atoms. The first-order valence-electron chi connectivity index (χ1n) is 11.1. The Morgan fingerprint density at radius 1 is 1.12 bits per heavy atom. The van der Waals surface area contributed by atoms with Crippen LogP contribution in [0.4, 0.5) is 0 Å². The molecule has 2 atom stereocenters. The predicted octanol–water partition coefficient (Wildman–Crippen LogP) is 6.37. The van der Waals surface area contributed by atoms with Crippen LogP contribution in [-0.4, -0.2) is 41.2 Å². The number of carbonyl (C=O) groups is 1. The topological polar surface area (TPSA) is 49.8 Å². The van der Waals surface area contributed by atoms with Crippen molar-refractivity contribution < 1.29 is 14.6 Å². The van der Waals surface area contributed by atoms with Gasteiger partial charge in [0.2, 0.25) is 0 Å². The summed E-state index contributed by atoms with van der Waals surface area (Å²) in [5, 5.41) is 9.48. The number of rotatable bonds is 9. The van der Waals surface area contributed by atoms with Crippen molar-refractivity contribution in [1.29, 1.82) is 0 Å². The van der Waals surface area contributed by atoms with Gasteiger partial charge in [0.15, 0.2) is 0 Å². The third-order valence-electron chi connectivity index (χ3n) is 6.08. The molecule has 1 aliphatic rings. The van der Waals surface area contributed by atoms with Crippen molar-refractivity contribution in [2.45, 2.75) is 44.7 Å². The van der Waals surface area contributed by atoms with E-state index in [1.54, 1.807) is 11.3 Å². The fourth-order valence-electron chi connectivity index (χ4n) is 4.39. The lowest BCUT2D eigenvalue weighted by atomic mass is 10.0. The van der Waals surface area contributed by atoms with E-state index in [-0.39, 0.29) is 6.04 Å². The minimum Gasteiger partial charge on any atom is -0.492 e. The molecule has 0 radical (unpaired) electrons. The zero-order valence-electron chi connectivity index (χ0n) is 18.2. The molecule has 1 N–H and O–H groups in total. The molecule has 2 aromatic carbocycles. The Balaban J connectivity index is 1.32. The SMILES string of the molecule is CCC(C(=O)O)N1CCC[C@@H]1COc1ccc(Cc2ccc(-c3ccc(Cl)s3)cc2)cc1. The highest BCUT2D eigenvalue weighted by atomic mass is 35.5. The highest BCUT2D eigenvalue weighted by Gasteiger charge is 2.34. The number of ether oxygens (including phenoxy) is 1. The Bertz CT molecular complexity index is 1030. The number of hydrogen-bond acceptors (Lipinski definition) is 4. The van der Waals surface area contributed by atoms with Crippen molar-refractivity contribution in [3.8, 4) is 16.2 Å². The van der Waals surface area contributed by atoms with Crippen molar-refractivity contribution in [1.82, 2.24) is 4.90 Å². The van der Waals surface area contributed by atoms with E-state index in [0.29, 0.717) is 13.0 Å². The first-order valence-corrected chi connectivity index (χ1v) is 12.3. The van der Waals surface area contributed by atoms with Crippen molar-refractivity contribution in [3.63, 3.8) is 0 Å². The van der Waals surface area contributed by atoms with Gasteiger partial charge in [-0.25, -0.2) is 0 Å². The average Bonchev–Trinajstić information content (AvgIpc) is 3.43. The summed E-state index contributed by atoms with van der Waals surface area (Å²) in [6.07, 6.45) is 3.48. The van der Waals surface area contributed by atoms with E-state index in [0.717, 1.165) is 35.9 Å². The fourth-order valence-corrected chi connectivity index (χ4v) is 5.43. The molecule has 1 aromatic heterocycles. The highest BCUT2D eigenvalue weighted by Crippen LogP contribution is 2.31. The lowest BCUT2D eigenvalue weighted by molar-refractivity contribution is -0.144. The smallest absolute Gasteiger partial charge is 0.320 e. The van der Waals surface area contributed by atoms with Gasteiger partial charge in [-0.05, 0) is 73.2 Å². The first kappa shape index (κ1) is 22.8. The molecule has 0 spiro atoms. The number of aliphatic carboxylic acids is 1. The maximum absolute atomic E-state index is 11.5. The Morgan fingerprint density at radius 2 is 1.81 bits per heavy atom. The lowest BCUT2D eigenvalue weighted by Crippen LogP contribution is -2.45. The van der Waals surface area contributed by atoms with Crippen LogP contribution in [0.15, 0.2) is 60.7 Å². The Kier molecular flexibility index (Phi) is 7.51.